The molecule has 6 nitrogen and oxygen atoms in total. The standard InChI is InChI=1S/C20H21ClN6/c1-26(2)20-16(22-14-7-3-4-8-15(14)23-20)9-10-18-24-17(21)13-19(25-18)27-11-5-6-12-27/h3-4,7-10,13H,5-6,11-12H2,1-2H3/b10-9+. The average Bonchev–Trinajstić information content (AvgIpc) is 3.20. The summed E-state index contributed by atoms with van der Waals surface area (Å²) in [5.74, 6) is 2.25. The second-order valence-electron chi connectivity index (χ2n) is 6.75. The number of nitrogens with zero attached hydrogens (tertiary/aromatic N) is 6. The van der Waals surface area contributed by atoms with Crippen molar-refractivity contribution in [2.75, 3.05) is 37.0 Å². The van der Waals surface area contributed by atoms with Gasteiger partial charge in [0.1, 0.15) is 16.7 Å². The lowest BCUT2D eigenvalue weighted by atomic mass is 10.2. The summed E-state index contributed by atoms with van der Waals surface area (Å²) in [6.45, 7) is 2.02. The highest BCUT2D eigenvalue weighted by atomic mass is 35.5. The highest BCUT2D eigenvalue weighted by molar-refractivity contribution is 6.29. The first-order valence-electron chi connectivity index (χ1n) is 9.02. The van der Waals surface area contributed by atoms with Crippen LogP contribution in [-0.4, -0.2) is 47.1 Å². The Balaban J connectivity index is 1.71. The van der Waals surface area contributed by atoms with Gasteiger partial charge < -0.3 is 9.80 Å². The van der Waals surface area contributed by atoms with E-state index in [1.807, 2.05) is 61.5 Å². The molecular formula is C20H21ClN6. The zero-order valence-electron chi connectivity index (χ0n) is 15.4. The third kappa shape index (κ3) is 3.85. The fraction of sp³-hybridized carbons (Fsp3) is 0.300. The van der Waals surface area contributed by atoms with E-state index in [2.05, 4.69) is 14.9 Å². The molecule has 3 aromatic rings. The highest BCUT2D eigenvalue weighted by Crippen LogP contribution is 2.23. The smallest absolute Gasteiger partial charge is 0.156 e. The van der Waals surface area contributed by atoms with Crippen molar-refractivity contribution in [3.8, 4) is 0 Å². The first-order valence-corrected chi connectivity index (χ1v) is 9.40. The predicted octanol–water partition coefficient (Wildman–Crippen LogP) is 3.91. The lowest BCUT2D eigenvalue weighted by Crippen LogP contribution is -2.19. The van der Waals surface area contributed by atoms with Crippen molar-refractivity contribution >= 4 is 46.4 Å². The second-order valence-corrected chi connectivity index (χ2v) is 7.14. The molecule has 0 aliphatic carbocycles. The van der Waals surface area contributed by atoms with Crippen LogP contribution in [0, 0.1) is 0 Å². The lowest BCUT2D eigenvalue weighted by Gasteiger charge is -2.16. The fourth-order valence-electron chi connectivity index (χ4n) is 3.20. The maximum Gasteiger partial charge on any atom is 0.156 e. The Bertz CT molecular complexity index is 995. The summed E-state index contributed by atoms with van der Waals surface area (Å²) in [6.07, 6.45) is 6.11. The van der Waals surface area contributed by atoms with E-state index in [9.17, 15) is 0 Å². The van der Waals surface area contributed by atoms with Crippen LogP contribution < -0.4 is 9.80 Å². The minimum absolute atomic E-state index is 0.448. The molecule has 2 aromatic heterocycles. The number of para-hydroxylation sites is 2. The molecule has 4 rings (SSSR count). The Morgan fingerprint density at radius 1 is 0.963 bits per heavy atom. The third-order valence-corrected chi connectivity index (χ3v) is 4.71. The van der Waals surface area contributed by atoms with E-state index >= 15 is 0 Å². The van der Waals surface area contributed by atoms with Gasteiger partial charge in [-0.2, -0.15) is 0 Å². The van der Waals surface area contributed by atoms with E-state index in [1.54, 1.807) is 0 Å². The molecule has 1 saturated heterocycles. The van der Waals surface area contributed by atoms with Crippen molar-refractivity contribution in [1.82, 2.24) is 19.9 Å². The van der Waals surface area contributed by atoms with Crippen LogP contribution in [0.4, 0.5) is 11.6 Å². The Kier molecular flexibility index (Phi) is 4.90. The van der Waals surface area contributed by atoms with Gasteiger partial charge in [-0.3, -0.25) is 0 Å². The van der Waals surface area contributed by atoms with E-state index in [1.165, 1.54) is 12.8 Å². The van der Waals surface area contributed by atoms with E-state index in [0.29, 0.717) is 11.0 Å². The van der Waals surface area contributed by atoms with Crippen molar-refractivity contribution < 1.29 is 0 Å². The number of aromatic nitrogens is 4. The fourth-order valence-corrected chi connectivity index (χ4v) is 3.39. The molecule has 1 aliphatic heterocycles. The molecule has 0 unspecified atom stereocenters. The molecule has 138 valence electrons. The molecule has 0 amide bonds. The summed E-state index contributed by atoms with van der Waals surface area (Å²) in [4.78, 5) is 22.6. The first-order chi connectivity index (χ1) is 13.1. The summed E-state index contributed by atoms with van der Waals surface area (Å²) in [6, 6.07) is 9.67. The van der Waals surface area contributed by atoms with Crippen LogP contribution in [0.2, 0.25) is 5.15 Å². The molecule has 0 saturated carbocycles. The molecule has 1 fully saturated rings. The average molecular weight is 381 g/mol. The molecule has 0 spiro atoms. The van der Waals surface area contributed by atoms with Crippen LogP contribution in [-0.2, 0) is 0 Å². The maximum atomic E-state index is 6.22. The van der Waals surface area contributed by atoms with E-state index in [4.69, 9.17) is 21.6 Å². The van der Waals surface area contributed by atoms with Gasteiger partial charge in [0, 0.05) is 33.3 Å². The number of hydrogen-bond donors (Lipinski definition) is 0. The number of fused-ring (bicyclic) bond motifs is 1. The normalized spacial score (nSPS) is 14.4. The molecule has 3 heterocycles. The number of halogens is 1. The monoisotopic (exact) mass is 380 g/mol. The summed E-state index contributed by atoms with van der Waals surface area (Å²) >= 11 is 6.22. The number of hydrogen-bond acceptors (Lipinski definition) is 6. The molecule has 0 atom stereocenters. The molecule has 1 aromatic carbocycles. The van der Waals surface area contributed by atoms with Crippen molar-refractivity contribution in [1.29, 1.82) is 0 Å². The second kappa shape index (κ2) is 7.48. The largest absolute Gasteiger partial charge is 0.361 e. The van der Waals surface area contributed by atoms with Crippen LogP contribution in [0.5, 0.6) is 0 Å². The number of anilines is 2. The SMILES string of the molecule is CN(C)c1nc2ccccc2nc1/C=C/c1nc(Cl)cc(N2CCCC2)n1. The van der Waals surface area contributed by atoms with Crippen LogP contribution in [0.3, 0.4) is 0 Å². The van der Waals surface area contributed by atoms with Gasteiger partial charge in [0.2, 0.25) is 0 Å². The molecule has 7 heteroatoms. The summed E-state index contributed by atoms with van der Waals surface area (Å²) in [7, 11) is 3.91. The van der Waals surface area contributed by atoms with Gasteiger partial charge in [0.25, 0.3) is 0 Å². The third-order valence-electron chi connectivity index (χ3n) is 4.52. The summed E-state index contributed by atoms with van der Waals surface area (Å²) in [5, 5.41) is 0.448. The zero-order valence-corrected chi connectivity index (χ0v) is 16.2. The predicted molar refractivity (Wildman–Crippen MR) is 111 cm³/mol. The topological polar surface area (TPSA) is 58.0 Å². The van der Waals surface area contributed by atoms with Gasteiger partial charge in [-0.15, -0.1) is 0 Å². The van der Waals surface area contributed by atoms with Gasteiger partial charge in [-0.25, -0.2) is 19.9 Å². The quantitative estimate of drug-likeness (QED) is 0.639. The highest BCUT2D eigenvalue weighted by Gasteiger charge is 2.15. The van der Waals surface area contributed by atoms with Crippen LogP contribution >= 0.6 is 11.6 Å². The molecule has 27 heavy (non-hydrogen) atoms. The summed E-state index contributed by atoms with van der Waals surface area (Å²) in [5.41, 5.74) is 2.49. The van der Waals surface area contributed by atoms with Crippen LogP contribution in [0.1, 0.15) is 24.4 Å². The molecule has 0 radical (unpaired) electrons. The van der Waals surface area contributed by atoms with Crippen molar-refractivity contribution in [3.63, 3.8) is 0 Å². The van der Waals surface area contributed by atoms with Gasteiger partial charge in [-0.05, 0) is 37.1 Å². The van der Waals surface area contributed by atoms with E-state index in [0.717, 1.165) is 41.5 Å². The number of rotatable bonds is 4. The minimum Gasteiger partial charge on any atom is -0.361 e. The Morgan fingerprint density at radius 3 is 2.37 bits per heavy atom. The Morgan fingerprint density at radius 2 is 1.67 bits per heavy atom. The maximum absolute atomic E-state index is 6.22. The van der Waals surface area contributed by atoms with Crippen LogP contribution in [0.15, 0.2) is 30.3 Å². The van der Waals surface area contributed by atoms with E-state index in [-0.39, 0.29) is 0 Å². The molecule has 0 N–H and O–H groups in total. The summed E-state index contributed by atoms with van der Waals surface area (Å²) < 4.78 is 0. The zero-order chi connectivity index (χ0) is 18.8. The van der Waals surface area contributed by atoms with Crippen molar-refractivity contribution in [2.45, 2.75) is 12.8 Å². The Labute approximate surface area is 163 Å². The first kappa shape index (κ1) is 17.7. The minimum atomic E-state index is 0.448. The molecule has 1 aliphatic rings. The molecular weight excluding hydrogens is 360 g/mol. The Hall–Kier alpha value is -2.73. The van der Waals surface area contributed by atoms with Crippen molar-refractivity contribution in [2.24, 2.45) is 0 Å². The molecule has 0 bridgehead atoms. The van der Waals surface area contributed by atoms with Gasteiger partial charge in [0.15, 0.2) is 11.6 Å². The van der Waals surface area contributed by atoms with Crippen LogP contribution in [0.25, 0.3) is 23.2 Å². The lowest BCUT2D eigenvalue weighted by molar-refractivity contribution is 0.923. The van der Waals surface area contributed by atoms with E-state index < -0.39 is 0 Å². The van der Waals surface area contributed by atoms with Crippen molar-refractivity contribution in [3.05, 3.63) is 47.0 Å². The van der Waals surface area contributed by atoms with Gasteiger partial charge in [0.05, 0.1) is 11.0 Å². The van der Waals surface area contributed by atoms with Gasteiger partial charge >= 0.3 is 0 Å². The van der Waals surface area contributed by atoms with Gasteiger partial charge in [-0.1, -0.05) is 23.7 Å². The number of benzene rings is 1.